The van der Waals surface area contributed by atoms with Crippen molar-refractivity contribution < 1.29 is 68.1 Å². The van der Waals surface area contributed by atoms with Gasteiger partial charge < -0.3 is 102 Å². The molecule has 1 aromatic carbocycles. The maximum atomic E-state index is 14.5. The fourth-order valence-electron chi connectivity index (χ4n) is 8.88. The monoisotopic (exact) mass is 1190 g/mol. The second-order valence-electron chi connectivity index (χ2n) is 20.8. The van der Waals surface area contributed by atoms with Crippen LogP contribution in [0.15, 0.2) is 30.3 Å². The first kappa shape index (κ1) is 73.2. The number of hydrogen-bond donors (Lipinski definition) is 19. The van der Waals surface area contributed by atoms with Crippen LogP contribution in [0.5, 0.6) is 0 Å². The predicted octanol–water partition coefficient (Wildman–Crippen LogP) is -6.77. The Morgan fingerprint density at radius 1 is 0.536 bits per heavy atom. The molecule has 11 amide bonds. The average molecular weight is 1190 g/mol. The fraction of sp³-hybridized carbons (Fsp3) is 0.685. The minimum absolute atomic E-state index is 0.0221. The zero-order valence-corrected chi connectivity index (χ0v) is 48.8. The molecule has 30 heteroatoms. The Hall–Kier alpha value is -6.93. The van der Waals surface area contributed by atoms with Gasteiger partial charge in [-0.1, -0.05) is 69.4 Å². The molecule has 1 aliphatic heterocycles. The van der Waals surface area contributed by atoms with Gasteiger partial charge in [-0.3, -0.25) is 52.7 Å². The van der Waals surface area contributed by atoms with Crippen molar-refractivity contribution in [2.45, 2.75) is 196 Å². The highest BCUT2D eigenvalue weighted by Crippen LogP contribution is 2.11. The van der Waals surface area contributed by atoms with Crippen LogP contribution in [-0.4, -0.2) is 198 Å². The lowest BCUT2D eigenvalue weighted by Gasteiger charge is -2.29. The molecule has 0 spiro atoms. The van der Waals surface area contributed by atoms with Gasteiger partial charge in [0.1, 0.15) is 60.4 Å². The van der Waals surface area contributed by atoms with E-state index in [-0.39, 0.29) is 77.7 Å². The predicted molar refractivity (Wildman–Crippen MR) is 308 cm³/mol. The van der Waals surface area contributed by atoms with Crippen LogP contribution in [0.4, 0.5) is 0 Å². The largest absolute Gasteiger partial charge is 0.391 e. The lowest BCUT2D eigenvalue weighted by atomic mass is 10.0. The Bertz CT molecular complexity index is 2280. The molecule has 474 valence electrons. The zero-order chi connectivity index (χ0) is 62.9. The molecular weight excluding hydrogens is 1100 g/mol. The van der Waals surface area contributed by atoms with Gasteiger partial charge in [0.05, 0.1) is 18.3 Å². The van der Waals surface area contributed by atoms with Gasteiger partial charge in [-0.05, 0) is 104 Å². The quantitative estimate of drug-likeness (QED) is 0.0332. The summed E-state index contributed by atoms with van der Waals surface area (Å²) in [7, 11) is 0. The minimum atomic E-state index is -1.77. The van der Waals surface area contributed by atoms with Crippen molar-refractivity contribution in [1.29, 1.82) is 0 Å². The molecule has 30 nitrogen and oxygen atoms in total. The van der Waals surface area contributed by atoms with Crippen LogP contribution in [0, 0.1) is 0 Å². The van der Waals surface area contributed by atoms with Crippen molar-refractivity contribution in [1.82, 2.24) is 58.5 Å². The van der Waals surface area contributed by atoms with Gasteiger partial charge in [-0.2, -0.15) is 0 Å². The second-order valence-corrected chi connectivity index (χ2v) is 20.8. The van der Waals surface area contributed by atoms with E-state index in [9.17, 15) is 68.1 Å². The molecule has 0 bridgehead atoms. The van der Waals surface area contributed by atoms with Gasteiger partial charge in [-0.15, -0.1) is 0 Å². The van der Waals surface area contributed by atoms with Crippen LogP contribution >= 0.6 is 0 Å². The third-order valence-electron chi connectivity index (χ3n) is 13.7. The number of unbranched alkanes of at least 4 members (excludes halogenated alkanes) is 5. The minimum Gasteiger partial charge on any atom is -0.391 e. The summed E-state index contributed by atoms with van der Waals surface area (Å²) in [6, 6.07) is -7.34. The first-order valence-corrected chi connectivity index (χ1v) is 28.9. The number of benzene rings is 1. The van der Waals surface area contributed by atoms with E-state index >= 15 is 0 Å². The Morgan fingerprint density at radius 2 is 1.00 bits per heavy atom. The highest BCUT2D eigenvalue weighted by Gasteiger charge is 2.38. The van der Waals surface area contributed by atoms with Crippen molar-refractivity contribution >= 4 is 65.0 Å². The van der Waals surface area contributed by atoms with Crippen LogP contribution in [0.3, 0.4) is 0 Å². The average Bonchev–Trinajstić information content (AvgIpc) is 3.45. The number of hydrogen-bond acceptors (Lipinski definition) is 19. The zero-order valence-electron chi connectivity index (χ0n) is 48.8. The van der Waals surface area contributed by atoms with E-state index in [1.165, 1.54) is 20.8 Å². The van der Waals surface area contributed by atoms with E-state index in [1.54, 1.807) is 30.3 Å². The van der Waals surface area contributed by atoms with Crippen molar-refractivity contribution in [3.8, 4) is 0 Å². The molecule has 0 aromatic heterocycles. The molecule has 0 aliphatic carbocycles. The van der Waals surface area contributed by atoms with Crippen LogP contribution in [0.2, 0.25) is 0 Å². The SMILES string of the molecule is CCCCCCCCC(=O)N[C@@H](CCN)C(=O)N[C@H](C(=O)NC(CCN)C(=O)N[C@H]1CCNC(=O)[C@H]([C@@H](C)O)NC(=O)[C@H](CCN)NC(=O)[C@H](CCN)NC(=O)[C@H]([C@@H](C)O)NC(=O)[C@@H](Cc2ccccc2)NC(=O)[C@H](CCN)NC1=O)[C@@H](C)O. The smallest absolute Gasteiger partial charge is 0.245 e. The molecular formula is C54H94N16O14. The lowest BCUT2D eigenvalue weighted by Crippen LogP contribution is -2.62. The summed E-state index contributed by atoms with van der Waals surface area (Å²) in [5, 5.41) is 59.6. The Kier molecular flexibility index (Phi) is 34.5. The second kappa shape index (κ2) is 39.6. The summed E-state index contributed by atoms with van der Waals surface area (Å²) in [6.45, 7) is 4.30. The van der Waals surface area contributed by atoms with Gasteiger partial charge in [0.2, 0.25) is 65.0 Å². The number of nitrogens with one attached hydrogen (secondary N) is 11. The number of carbonyl (C=O) groups is 11. The fourth-order valence-corrected chi connectivity index (χ4v) is 8.88. The third-order valence-corrected chi connectivity index (χ3v) is 13.7. The highest BCUT2D eigenvalue weighted by atomic mass is 16.3. The van der Waals surface area contributed by atoms with Crippen molar-refractivity contribution in [2.24, 2.45) is 28.7 Å². The first-order chi connectivity index (χ1) is 40.0. The molecule has 1 heterocycles. The molecule has 24 N–H and O–H groups in total. The molecule has 1 aliphatic rings. The molecule has 1 unspecified atom stereocenters. The summed E-state index contributed by atoms with van der Waals surface area (Å²) in [5.74, 6) is -10.5. The number of carbonyl (C=O) groups excluding carboxylic acids is 11. The maximum Gasteiger partial charge on any atom is 0.245 e. The molecule has 1 fully saturated rings. The van der Waals surface area contributed by atoms with E-state index < -0.39 is 157 Å². The number of rotatable bonds is 29. The van der Waals surface area contributed by atoms with Crippen LogP contribution in [0.1, 0.15) is 117 Å². The van der Waals surface area contributed by atoms with E-state index in [4.69, 9.17) is 28.7 Å². The number of nitrogens with two attached hydrogens (primary N) is 5. The maximum absolute atomic E-state index is 14.5. The van der Waals surface area contributed by atoms with Gasteiger partial charge in [0.15, 0.2) is 0 Å². The van der Waals surface area contributed by atoms with E-state index in [2.05, 4.69) is 65.4 Å². The van der Waals surface area contributed by atoms with Gasteiger partial charge >= 0.3 is 0 Å². The number of aliphatic hydroxyl groups excluding tert-OH is 3. The molecule has 84 heavy (non-hydrogen) atoms. The highest BCUT2D eigenvalue weighted by molar-refractivity contribution is 5.99. The van der Waals surface area contributed by atoms with Gasteiger partial charge in [0.25, 0.3) is 0 Å². The number of aliphatic hydroxyl groups is 3. The Balaban J connectivity index is 2.65. The van der Waals surface area contributed by atoms with Crippen molar-refractivity contribution in [3.05, 3.63) is 35.9 Å². The summed E-state index contributed by atoms with van der Waals surface area (Å²) in [5.41, 5.74) is 29.7. The van der Waals surface area contributed by atoms with Gasteiger partial charge in [0, 0.05) is 19.4 Å². The van der Waals surface area contributed by atoms with E-state index in [0.29, 0.717) is 12.0 Å². The lowest BCUT2D eigenvalue weighted by molar-refractivity contribution is -0.137. The van der Waals surface area contributed by atoms with Crippen LogP contribution in [-0.2, 0) is 59.2 Å². The molecule has 2 rings (SSSR count). The Labute approximate surface area is 490 Å². The summed E-state index contributed by atoms with van der Waals surface area (Å²) in [4.78, 5) is 153. The standard InChI is InChI=1S/C54H94N16O14/c1-5-6-7-8-9-13-16-41(74)61-34(17-23-55)49(79)69-43(31(3)72)53(83)66-37(20-26-58)46(76)64-39-22-28-60-52(82)42(30(2)71)68-50(80)38(21-27-59)63-45(75)36(19-25-57)65-54(84)44(32(4)73)70-51(81)40(29-33-14-11-10-12-15-33)67-47(77)35(18-24-56)62-48(39)78/h10-12,14-15,30-32,34-40,42-44,71-73H,5-9,13,16-29,55-59H2,1-4H3,(H,60,82)(H,61,74)(H,62,78)(H,63,75)(H,64,76)(H,65,84)(H,66,83)(H,67,77)(H,68,80)(H,69,79)(H,70,81)/t30-,31-,32-,34+,35+,36+,37?,38+,39+,40-,42+,43+,44+/m1/s1. The first-order valence-electron chi connectivity index (χ1n) is 28.9. The van der Waals surface area contributed by atoms with Crippen LogP contribution < -0.4 is 87.2 Å². The summed E-state index contributed by atoms with van der Waals surface area (Å²) >= 11 is 0. The van der Waals surface area contributed by atoms with Gasteiger partial charge in [-0.25, -0.2) is 0 Å². The molecule has 0 radical (unpaired) electrons. The topological polar surface area (TPSA) is 511 Å². The summed E-state index contributed by atoms with van der Waals surface area (Å²) < 4.78 is 0. The molecule has 1 saturated heterocycles. The normalized spacial score (nSPS) is 23.0. The Morgan fingerprint density at radius 3 is 1.51 bits per heavy atom. The van der Waals surface area contributed by atoms with E-state index in [0.717, 1.165) is 32.1 Å². The number of amides is 11. The molecule has 13 atom stereocenters. The van der Waals surface area contributed by atoms with E-state index in [1.807, 2.05) is 0 Å². The van der Waals surface area contributed by atoms with Crippen molar-refractivity contribution in [2.75, 3.05) is 39.3 Å². The molecule has 1 aromatic rings. The van der Waals surface area contributed by atoms with Crippen molar-refractivity contribution in [3.63, 3.8) is 0 Å². The molecule has 0 saturated carbocycles. The summed E-state index contributed by atoms with van der Waals surface area (Å²) in [6.07, 6.45) is -0.827. The third kappa shape index (κ3) is 25.9. The van der Waals surface area contributed by atoms with Crippen LogP contribution in [0.25, 0.3) is 0 Å².